The number of hydrogen-bond acceptors (Lipinski definition) is 2. The summed E-state index contributed by atoms with van der Waals surface area (Å²) in [6.45, 7) is 1.81. The van der Waals surface area contributed by atoms with E-state index in [2.05, 4.69) is 10.6 Å². The molecule has 0 unspecified atom stereocenters. The number of hydrogen-bond donors (Lipinski definition) is 2. The number of carbonyl (C=O) groups is 1. The zero-order valence-corrected chi connectivity index (χ0v) is 11.2. The molecular formula is C15H13F3N2O. The van der Waals surface area contributed by atoms with E-state index in [1.807, 2.05) is 19.1 Å². The summed E-state index contributed by atoms with van der Waals surface area (Å²) in [5, 5.41) is 5.01. The molecule has 0 aliphatic heterocycles. The summed E-state index contributed by atoms with van der Waals surface area (Å²) in [6, 6.07) is 9.05. The van der Waals surface area contributed by atoms with Gasteiger partial charge in [-0.1, -0.05) is 17.7 Å². The van der Waals surface area contributed by atoms with Gasteiger partial charge in [0.2, 0.25) is 5.91 Å². The summed E-state index contributed by atoms with van der Waals surface area (Å²) in [5.74, 6) is -4.90. The molecule has 0 aliphatic rings. The van der Waals surface area contributed by atoms with Crippen molar-refractivity contribution in [1.82, 2.24) is 0 Å². The predicted molar refractivity (Wildman–Crippen MR) is 74.6 cm³/mol. The van der Waals surface area contributed by atoms with Crippen molar-refractivity contribution in [1.29, 1.82) is 0 Å². The van der Waals surface area contributed by atoms with E-state index >= 15 is 0 Å². The third-order valence-corrected chi connectivity index (χ3v) is 2.81. The lowest BCUT2D eigenvalue weighted by molar-refractivity contribution is -0.114. The highest BCUT2D eigenvalue weighted by molar-refractivity contribution is 5.93. The normalized spacial score (nSPS) is 10.3. The minimum absolute atomic E-state index is 0.124. The quantitative estimate of drug-likeness (QED) is 0.848. The highest BCUT2D eigenvalue weighted by atomic mass is 19.2. The molecule has 0 fully saturated rings. The number of nitrogens with one attached hydrogen (secondary N) is 2. The van der Waals surface area contributed by atoms with E-state index in [0.29, 0.717) is 0 Å². The van der Waals surface area contributed by atoms with E-state index in [0.717, 1.165) is 23.4 Å². The number of anilines is 2. The van der Waals surface area contributed by atoms with Gasteiger partial charge in [-0.3, -0.25) is 4.79 Å². The molecule has 0 aromatic heterocycles. The Morgan fingerprint density at radius 2 is 1.67 bits per heavy atom. The highest BCUT2D eigenvalue weighted by Crippen LogP contribution is 2.19. The van der Waals surface area contributed by atoms with Crippen LogP contribution >= 0.6 is 0 Å². The van der Waals surface area contributed by atoms with Crippen molar-refractivity contribution in [3.63, 3.8) is 0 Å². The fraction of sp³-hybridized carbons (Fsp3) is 0.133. The van der Waals surface area contributed by atoms with Gasteiger partial charge in [-0.15, -0.1) is 0 Å². The molecule has 21 heavy (non-hydrogen) atoms. The van der Waals surface area contributed by atoms with Crippen molar-refractivity contribution in [3.05, 3.63) is 59.4 Å². The van der Waals surface area contributed by atoms with Crippen molar-refractivity contribution < 1.29 is 18.0 Å². The summed E-state index contributed by atoms with van der Waals surface area (Å²) in [4.78, 5) is 11.6. The molecule has 0 aliphatic carbocycles. The lowest BCUT2D eigenvalue weighted by Crippen LogP contribution is -2.22. The second-order valence-electron chi connectivity index (χ2n) is 4.49. The van der Waals surface area contributed by atoms with Gasteiger partial charge in [0.05, 0.1) is 12.2 Å². The topological polar surface area (TPSA) is 41.1 Å². The highest BCUT2D eigenvalue weighted by Gasteiger charge is 2.14. The SMILES string of the molecule is Cc1ccc(NCC(=O)Nc2ccc(F)c(F)c2F)cc1. The number of carbonyl (C=O) groups excluding carboxylic acids is 1. The molecule has 0 spiro atoms. The molecule has 0 saturated carbocycles. The minimum Gasteiger partial charge on any atom is -0.376 e. The van der Waals surface area contributed by atoms with Gasteiger partial charge in [-0.2, -0.15) is 0 Å². The van der Waals surface area contributed by atoms with Gasteiger partial charge in [0.15, 0.2) is 17.5 Å². The van der Waals surface area contributed by atoms with Crippen LogP contribution in [0, 0.1) is 24.4 Å². The third kappa shape index (κ3) is 3.75. The van der Waals surface area contributed by atoms with E-state index in [1.54, 1.807) is 12.1 Å². The number of rotatable bonds is 4. The van der Waals surface area contributed by atoms with Gasteiger partial charge in [0.25, 0.3) is 0 Å². The fourth-order valence-corrected chi connectivity index (χ4v) is 1.67. The zero-order valence-electron chi connectivity index (χ0n) is 11.2. The predicted octanol–water partition coefficient (Wildman–Crippen LogP) is 3.46. The number of halogens is 3. The second-order valence-corrected chi connectivity index (χ2v) is 4.49. The molecule has 2 aromatic carbocycles. The standard InChI is InChI=1S/C15H13F3N2O/c1-9-2-4-10(5-3-9)19-8-13(21)20-12-7-6-11(16)14(17)15(12)18/h2-7,19H,8H2,1H3,(H,20,21). The molecule has 2 N–H and O–H groups in total. The minimum atomic E-state index is -1.61. The average Bonchev–Trinajstić information content (AvgIpc) is 2.47. The van der Waals surface area contributed by atoms with Gasteiger partial charge >= 0.3 is 0 Å². The molecule has 0 saturated heterocycles. The summed E-state index contributed by atoms with van der Waals surface area (Å²) in [5.41, 5.74) is 1.40. The lowest BCUT2D eigenvalue weighted by Gasteiger charge is -2.09. The molecule has 110 valence electrons. The molecule has 1 amide bonds. The lowest BCUT2D eigenvalue weighted by atomic mass is 10.2. The maximum absolute atomic E-state index is 13.4. The summed E-state index contributed by atoms with van der Waals surface area (Å²) in [7, 11) is 0. The Kier molecular flexibility index (Phi) is 4.47. The van der Waals surface area contributed by atoms with Crippen LogP contribution in [-0.2, 0) is 4.79 Å². The first-order valence-corrected chi connectivity index (χ1v) is 6.21. The van der Waals surface area contributed by atoms with Crippen LogP contribution in [0.5, 0.6) is 0 Å². The van der Waals surface area contributed by atoms with E-state index in [1.165, 1.54) is 0 Å². The Bertz CT molecular complexity index is 657. The van der Waals surface area contributed by atoms with Crippen LogP contribution in [0.15, 0.2) is 36.4 Å². The van der Waals surface area contributed by atoms with Crippen LogP contribution in [0.2, 0.25) is 0 Å². The zero-order chi connectivity index (χ0) is 15.4. The summed E-state index contributed by atoms with van der Waals surface area (Å²) in [6.07, 6.45) is 0. The Morgan fingerprint density at radius 1 is 1.00 bits per heavy atom. The van der Waals surface area contributed by atoms with Gasteiger partial charge in [0, 0.05) is 5.69 Å². The van der Waals surface area contributed by atoms with Crippen LogP contribution in [0.4, 0.5) is 24.5 Å². The van der Waals surface area contributed by atoms with Gasteiger partial charge in [-0.25, -0.2) is 13.2 Å². The second kappa shape index (κ2) is 6.30. The van der Waals surface area contributed by atoms with E-state index in [4.69, 9.17) is 0 Å². The van der Waals surface area contributed by atoms with Crippen molar-refractivity contribution in [3.8, 4) is 0 Å². The van der Waals surface area contributed by atoms with Crippen molar-refractivity contribution in [2.24, 2.45) is 0 Å². The molecule has 0 bridgehead atoms. The first kappa shape index (κ1) is 14.9. The molecule has 2 aromatic rings. The number of amides is 1. The Balaban J connectivity index is 1.96. The molecule has 0 atom stereocenters. The van der Waals surface area contributed by atoms with Gasteiger partial charge in [-0.05, 0) is 31.2 Å². The van der Waals surface area contributed by atoms with Crippen molar-refractivity contribution >= 4 is 17.3 Å². The first-order chi connectivity index (χ1) is 9.97. The molecule has 0 radical (unpaired) electrons. The average molecular weight is 294 g/mol. The number of aryl methyl sites for hydroxylation is 1. The third-order valence-electron chi connectivity index (χ3n) is 2.81. The first-order valence-electron chi connectivity index (χ1n) is 6.21. The van der Waals surface area contributed by atoms with Crippen LogP contribution in [0.25, 0.3) is 0 Å². The van der Waals surface area contributed by atoms with Crippen LogP contribution < -0.4 is 10.6 Å². The van der Waals surface area contributed by atoms with E-state index < -0.39 is 29.0 Å². The van der Waals surface area contributed by atoms with Crippen molar-refractivity contribution in [2.45, 2.75) is 6.92 Å². The largest absolute Gasteiger partial charge is 0.376 e. The monoisotopic (exact) mass is 294 g/mol. The molecule has 0 heterocycles. The maximum atomic E-state index is 13.4. The maximum Gasteiger partial charge on any atom is 0.243 e. The van der Waals surface area contributed by atoms with E-state index in [-0.39, 0.29) is 6.54 Å². The Morgan fingerprint density at radius 3 is 2.33 bits per heavy atom. The molecular weight excluding hydrogens is 281 g/mol. The fourth-order valence-electron chi connectivity index (χ4n) is 1.67. The Labute approximate surface area is 119 Å². The molecule has 6 heteroatoms. The Hall–Kier alpha value is -2.50. The van der Waals surface area contributed by atoms with Crippen LogP contribution in [-0.4, -0.2) is 12.5 Å². The van der Waals surface area contributed by atoms with Crippen LogP contribution in [0.1, 0.15) is 5.56 Å². The summed E-state index contributed by atoms with van der Waals surface area (Å²) >= 11 is 0. The van der Waals surface area contributed by atoms with Gasteiger partial charge in [0.1, 0.15) is 0 Å². The van der Waals surface area contributed by atoms with Crippen LogP contribution in [0.3, 0.4) is 0 Å². The smallest absolute Gasteiger partial charge is 0.243 e. The molecule has 2 rings (SSSR count). The number of benzene rings is 2. The van der Waals surface area contributed by atoms with E-state index in [9.17, 15) is 18.0 Å². The molecule has 3 nitrogen and oxygen atoms in total. The van der Waals surface area contributed by atoms with Crippen molar-refractivity contribution in [2.75, 3.05) is 17.2 Å². The van der Waals surface area contributed by atoms with Gasteiger partial charge < -0.3 is 10.6 Å². The summed E-state index contributed by atoms with van der Waals surface area (Å²) < 4.78 is 39.2.